The lowest BCUT2D eigenvalue weighted by atomic mass is 9.69. The maximum atomic E-state index is 6.63. The second-order valence-electron chi connectivity index (χ2n) is 6.66. The van der Waals surface area contributed by atoms with E-state index < -0.39 is 0 Å². The molecular formula is C15H21Cl3S. The van der Waals surface area contributed by atoms with Gasteiger partial charge in [0.2, 0.25) is 0 Å². The SMILES string of the molecule is CC(C)(C)C1CCC(C(Cl)c2cc(Cl)sc2Cl)CC1. The Balaban J connectivity index is 2.00. The van der Waals surface area contributed by atoms with Crippen molar-refractivity contribution in [3.8, 4) is 0 Å². The van der Waals surface area contributed by atoms with Crippen LogP contribution in [0, 0.1) is 17.3 Å². The first-order chi connectivity index (χ1) is 8.79. The number of thiophene rings is 1. The molecule has 0 nitrogen and oxygen atoms in total. The second-order valence-corrected chi connectivity index (χ2v) is 9.41. The normalized spacial score (nSPS) is 26.4. The van der Waals surface area contributed by atoms with Crippen LogP contribution in [0.4, 0.5) is 0 Å². The van der Waals surface area contributed by atoms with Crippen LogP contribution in [-0.2, 0) is 0 Å². The molecule has 0 amide bonds. The summed E-state index contributed by atoms with van der Waals surface area (Å²) in [5.74, 6) is 1.34. The summed E-state index contributed by atoms with van der Waals surface area (Å²) in [6, 6.07) is 1.93. The van der Waals surface area contributed by atoms with Crippen molar-refractivity contribution in [3.05, 3.63) is 20.3 Å². The molecule has 1 atom stereocenters. The molecule has 1 aromatic rings. The Morgan fingerprint density at radius 1 is 1.16 bits per heavy atom. The summed E-state index contributed by atoms with van der Waals surface area (Å²) in [6.45, 7) is 7.02. The van der Waals surface area contributed by atoms with Gasteiger partial charge in [-0.15, -0.1) is 22.9 Å². The lowest BCUT2D eigenvalue weighted by Crippen LogP contribution is -2.27. The van der Waals surface area contributed by atoms with Crippen molar-refractivity contribution in [2.75, 3.05) is 0 Å². The van der Waals surface area contributed by atoms with Crippen LogP contribution in [0.1, 0.15) is 57.4 Å². The van der Waals surface area contributed by atoms with Crippen LogP contribution in [0.2, 0.25) is 8.67 Å². The van der Waals surface area contributed by atoms with Gasteiger partial charge in [0.15, 0.2) is 0 Å². The molecule has 1 unspecified atom stereocenters. The van der Waals surface area contributed by atoms with Crippen LogP contribution in [0.3, 0.4) is 0 Å². The minimum Gasteiger partial charge on any atom is -0.117 e. The predicted octanol–water partition coefficient (Wildman–Crippen LogP) is 7.19. The molecule has 1 heterocycles. The fourth-order valence-electron chi connectivity index (χ4n) is 3.07. The number of rotatable bonds is 2. The number of hydrogen-bond acceptors (Lipinski definition) is 1. The number of halogens is 3. The van der Waals surface area contributed by atoms with E-state index in [1.165, 1.54) is 37.0 Å². The number of alkyl halides is 1. The van der Waals surface area contributed by atoms with E-state index in [-0.39, 0.29) is 5.38 Å². The second kappa shape index (κ2) is 6.13. The van der Waals surface area contributed by atoms with E-state index >= 15 is 0 Å². The predicted molar refractivity (Wildman–Crippen MR) is 87.8 cm³/mol. The molecule has 0 saturated heterocycles. The van der Waals surface area contributed by atoms with Gasteiger partial charge in [0.1, 0.15) is 0 Å². The fourth-order valence-corrected chi connectivity index (χ4v) is 5.17. The highest BCUT2D eigenvalue weighted by Gasteiger charge is 2.33. The molecule has 1 aliphatic carbocycles. The topological polar surface area (TPSA) is 0 Å². The highest BCUT2D eigenvalue weighted by Crippen LogP contribution is 2.48. The molecule has 1 aliphatic rings. The molecule has 1 saturated carbocycles. The Labute approximate surface area is 135 Å². The first-order valence-corrected chi connectivity index (χ1v) is 8.88. The molecule has 19 heavy (non-hydrogen) atoms. The van der Waals surface area contributed by atoms with Crippen LogP contribution in [0.5, 0.6) is 0 Å². The monoisotopic (exact) mass is 338 g/mol. The third-order valence-corrected chi connectivity index (χ3v) is 6.50. The van der Waals surface area contributed by atoms with Crippen LogP contribution in [0.15, 0.2) is 6.07 Å². The maximum Gasteiger partial charge on any atom is 0.0991 e. The summed E-state index contributed by atoms with van der Waals surface area (Å²) in [6.07, 6.45) is 4.93. The van der Waals surface area contributed by atoms with Gasteiger partial charge >= 0.3 is 0 Å². The minimum atomic E-state index is 0.0113. The van der Waals surface area contributed by atoms with Crippen molar-refractivity contribution in [2.24, 2.45) is 17.3 Å². The molecule has 1 fully saturated rings. The standard InChI is InChI=1S/C15H21Cl3S/c1-15(2,3)10-6-4-9(5-7-10)13(17)11-8-12(16)19-14(11)18/h8-10,13H,4-7H2,1-3H3. The van der Waals surface area contributed by atoms with Crippen molar-refractivity contribution in [1.82, 2.24) is 0 Å². The van der Waals surface area contributed by atoms with Gasteiger partial charge in [0.05, 0.1) is 14.0 Å². The molecule has 0 aromatic carbocycles. The maximum absolute atomic E-state index is 6.63. The first-order valence-electron chi connectivity index (χ1n) is 6.88. The van der Waals surface area contributed by atoms with E-state index in [4.69, 9.17) is 34.8 Å². The van der Waals surface area contributed by atoms with Gasteiger partial charge in [-0.3, -0.25) is 0 Å². The number of hydrogen-bond donors (Lipinski definition) is 0. The molecule has 0 spiro atoms. The summed E-state index contributed by atoms with van der Waals surface area (Å²) >= 11 is 20.3. The van der Waals surface area contributed by atoms with E-state index in [0.29, 0.717) is 11.3 Å². The third kappa shape index (κ3) is 3.81. The van der Waals surface area contributed by atoms with E-state index in [1.807, 2.05) is 6.07 Å². The van der Waals surface area contributed by atoms with Gasteiger partial charge in [-0.05, 0) is 49.0 Å². The third-order valence-electron chi connectivity index (χ3n) is 4.39. The molecule has 0 N–H and O–H groups in total. The molecule has 0 bridgehead atoms. The largest absolute Gasteiger partial charge is 0.117 e. The summed E-state index contributed by atoms with van der Waals surface area (Å²) in [4.78, 5) is 0. The van der Waals surface area contributed by atoms with Crippen molar-refractivity contribution >= 4 is 46.1 Å². The van der Waals surface area contributed by atoms with Gasteiger partial charge in [-0.1, -0.05) is 44.0 Å². The van der Waals surface area contributed by atoms with Crippen LogP contribution in [-0.4, -0.2) is 0 Å². The van der Waals surface area contributed by atoms with E-state index in [2.05, 4.69) is 20.8 Å². The lowest BCUT2D eigenvalue weighted by molar-refractivity contribution is 0.148. The van der Waals surface area contributed by atoms with E-state index in [1.54, 1.807) is 0 Å². The van der Waals surface area contributed by atoms with Crippen LogP contribution in [0.25, 0.3) is 0 Å². The summed E-state index contributed by atoms with van der Waals surface area (Å²) in [5.41, 5.74) is 1.44. The summed E-state index contributed by atoms with van der Waals surface area (Å²) < 4.78 is 1.48. The Hall–Kier alpha value is 0.570. The van der Waals surface area contributed by atoms with Crippen LogP contribution >= 0.6 is 46.1 Å². The van der Waals surface area contributed by atoms with Gasteiger partial charge in [0, 0.05) is 5.56 Å². The average molecular weight is 340 g/mol. The van der Waals surface area contributed by atoms with Crippen molar-refractivity contribution < 1.29 is 0 Å². The van der Waals surface area contributed by atoms with Crippen molar-refractivity contribution in [3.63, 3.8) is 0 Å². The Morgan fingerprint density at radius 3 is 2.16 bits per heavy atom. The van der Waals surface area contributed by atoms with E-state index in [9.17, 15) is 0 Å². The smallest absolute Gasteiger partial charge is 0.0991 e. The van der Waals surface area contributed by atoms with Crippen molar-refractivity contribution in [1.29, 1.82) is 0 Å². The van der Waals surface area contributed by atoms with Gasteiger partial charge < -0.3 is 0 Å². The quantitative estimate of drug-likeness (QED) is 0.500. The zero-order valence-electron chi connectivity index (χ0n) is 11.7. The average Bonchev–Trinajstić information content (AvgIpc) is 2.66. The van der Waals surface area contributed by atoms with E-state index in [0.717, 1.165) is 20.2 Å². The zero-order valence-corrected chi connectivity index (χ0v) is 14.8. The van der Waals surface area contributed by atoms with Gasteiger partial charge in [0.25, 0.3) is 0 Å². The Bertz CT molecular complexity index is 425. The lowest BCUT2D eigenvalue weighted by Gasteiger charge is -2.38. The minimum absolute atomic E-state index is 0.0113. The molecule has 0 aliphatic heterocycles. The zero-order chi connectivity index (χ0) is 14.2. The molecule has 1 aromatic heterocycles. The van der Waals surface area contributed by atoms with Gasteiger partial charge in [-0.25, -0.2) is 0 Å². The van der Waals surface area contributed by atoms with Crippen LogP contribution < -0.4 is 0 Å². The summed E-state index contributed by atoms with van der Waals surface area (Å²) in [5, 5.41) is 0.0113. The molecule has 0 radical (unpaired) electrons. The molecule has 4 heteroatoms. The van der Waals surface area contributed by atoms with Crippen molar-refractivity contribution in [2.45, 2.75) is 51.8 Å². The Morgan fingerprint density at radius 2 is 1.74 bits per heavy atom. The fraction of sp³-hybridized carbons (Fsp3) is 0.733. The Kier molecular flexibility index (Phi) is 5.15. The first kappa shape index (κ1) is 15.9. The molecular weight excluding hydrogens is 319 g/mol. The highest BCUT2D eigenvalue weighted by molar-refractivity contribution is 7.20. The highest BCUT2D eigenvalue weighted by atomic mass is 35.5. The summed E-state index contributed by atoms with van der Waals surface area (Å²) in [7, 11) is 0. The van der Waals surface area contributed by atoms with Gasteiger partial charge in [-0.2, -0.15) is 0 Å². The molecule has 108 valence electrons. The molecule has 2 rings (SSSR count).